The number of ether oxygens (including phenoxy) is 1. The number of hydrogen-bond donors (Lipinski definition) is 0. The van der Waals surface area contributed by atoms with Gasteiger partial charge in [0.05, 0.1) is 7.11 Å². The normalized spacial score (nSPS) is 9.93. The number of methoxy groups -OCH3 is 1. The van der Waals surface area contributed by atoms with E-state index in [0.717, 1.165) is 10.0 Å². The third kappa shape index (κ3) is 3.10. The molecule has 4 heteroatoms. The van der Waals surface area contributed by atoms with Gasteiger partial charge >= 0.3 is 0 Å². The molecule has 1 rings (SSSR count). The van der Waals surface area contributed by atoms with E-state index in [0.29, 0.717) is 18.7 Å². The van der Waals surface area contributed by atoms with Crippen LogP contribution in [0.2, 0.25) is 0 Å². The maximum Gasteiger partial charge on any atom is 0.216 e. The van der Waals surface area contributed by atoms with Crippen molar-refractivity contribution in [2.75, 3.05) is 7.11 Å². The SMILES string of the molecule is COc1ncc(Br)cc1CCC(C)=O. The van der Waals surface area contributed by atoms with Crippen molar-refractivity contribution < 1.29 is 9.53 Å². The van der Waals surface area contributed by atoms with Gasteiger partial charge in [0.2, 0.25) is 5.88 Å². The summed E-state index contributed by atoms with van der Waals surface area (Å²) in [5.74, 6) is 0.765. The molecule has 14 heavy (non-hydrogen) atoms. The van der Waals surface area contributed by atoms with Gasteiger partial charge < -0.3 is 9.53 Å². The zero-order valence-corrected chi connectivity index (χ0v) is 9.80. The van der Waals surface area contributed by atoms with Crippen LogP contribution in [0.15, 0.2) is 16.7 Å². The highest BCUT2D eigenvalue weighted by Crippen LogP contribution is 2.20. The summed E-state index contributed by atoms with van der Waals surface area (Å²) in [6, 6.07) is 1.93. The fraction of sp³-hybridized carbons (Fsp3) is 0.400. The van der Waals surface area contributed by atoms with Gasteiger partial charge in [-0.25, -0.2) is 4.98 Å². The van der Waals surface area contributed by atoms with Crippen molar-refractivity contribution in [1.29, 1.82) is 0 Å². The van der Waals surface area contributed by atoms with E-state index in [4.69, 9.17) is 4.74 Å². The summed E-state index contributed by atoms with van der Waals surface area (Å²) >= 11 is 3.33. The topological polar surface area (TPSA) is 39.2 Å². The van der Waals surface area contributed by atoms with E-state index in [1.165, 1.54) is 0 Å². The van der Waals surface area contributed by atoms with Crippen molar-refractivity contribution in [3.05, 3.63) is 22.3 Å². The molecule has 3 nitrogen and oxygen atoms in total. The lowest BCUT2D eigenvalue weighted by Crippen LogP contribution is -1.98. The molecule has 1 aromatic rings. The highest BCUT2D eigenvalue weighted by molar-refractivity contribution is 9.10. The van der Waals surface area contributed by atoms with Crippen molar-refractivity contribution in [1.82, 2.24) is 4.98 Å². The van der Waals surface area contributed by atoms with Gasteiger partial charge in [0.15, 0.2) is 0 Å². The fourth-order valence-corrected chi connectivity index (χ4v) is 1.52. The van der Waals surface area contributed by atoms with Crippen molar-refractivity contribution in [2.45, 2.75) is 19.8 Å². The second-order valence-corrected chi connectivity index (χ2v) is 3.94. The molecule has 0 radical (unpaired) electrons. The Morgan fingerprint density at radius 2 is 2.36 bits per heavy atom. The number of rotatable bonds is 4. The molecule has 0 spiro atoms. The zero-order valence-electron chi connectivity index (χ0n) is 8.21. The third-order valence-electron chi connectivity index (χ3n) is 1.83. The first kappa shape index (κ1) is 11.2. The summed E-state index contributed by atoms with van der Waals surface area (Å²) in [5.41, 5.74) is 0.956. The van der Waals surface area contributed by atoms with Gasteiger partial charge in [0.1, 0.15) is 5.78 Å². The summed E-state index contributed by atoms with van der Waals surface area (Å²) in [6.07, 6.45) is 2.87. The van der Waals surface area contributed by atoms with Crippen molar-refractivity contribution in [2.24, 2.45) is 0 Å². The monoisotopic (exact) mass is 257 g/mol. The Kier molecular flexibility index (Phi) is 4.07. The fourth-order valence-electron chi connectivity index (χ4n) is 1.14. The average Bonchev–Trinajstić information content (AvgIpc) is 2.15. The van der Waals surface area contributed by atoms with Gasteiger partial charge in [0, 0.05) is 22.7 Å². The number of aryl methyl sites for hydroxylation is 1. The van der Waals surface area contributed by atoms with Crippen molar-refractivity contribution in [3.8, 4) is 5.88 Å². The van der Waals surface area contributed by atoms with Crippen LogP contribution in [0.25, 0.3) is 0 Å². The lowest BCUT2D eigenvalue weighted by atomic mass is 10.1. The molecular formula is C10H12BrNO2. The molecule has 0 fully saturated rings. The van der Waals surface area contributed by atoms with Crippen molar-refractivity contribution in [3.63, 3.8) is 0 Å². The molecule has 0 amide bonds. The predicted molar refractivity (Wildman–Crippen MR) is 57.5 cm³/mol. The van der Waals surface area contributed by atoms with Gasteiger partial charge in [-0.2, -0.15) is 0 Å². The number of nitrogens with zero attached hydrogens (tertiary/aromatic N) is 1. The smallest absolute Gasteiger partial charge is 0.216 e. The van der Waals surface area contributed by atoms with Crippen LogP contribution in [0.1, 0.15) is 18.9 Å². The van der Waals surface area contributed by atoms with Crippen LogP contribution >= 0.6 is 15.9 Å². The van der Waals surface area contributed by atoms with Crippen LogP contribution in [0.3, 0.4) is 0 Å². The summed E-state index contributed by atoms with van der Waals surface area (Å²) in [4.78, 5) is 14.9. The lowest BCUT2D eigenvalue weighted by molar-refractivity contribution is -0.116. The number of carbonyl (C=O) groups is 1. The Balaban J connectivity index is 2.82. The number of Topliss-reactive ketones (excluding diaryl/α,β-unsaturated/α-hetero) is 1. The minimum Gasteiger partial charge on any atom is -0.481 e. The molecule has 1 heterocycles. The van der Waals surface area contributed by atoms with E-state index in [-0.39, 0.29) is 5.78 Å². The number of halogens is 1. The number of aromatic nitrogens is 1. The number of hydrogen-bond acceptors (Lipinski definition) is 3. The molecule has 0 aliphatic heterocycles. The first-order valence-corrected chi connectivity index (χ1v) is 5.10. The van der Waals surface area contributed by atoms with Gasteiger partial charge in [-0.15, -0.1) is 0 Å². The molecule has 1 aromatic heterocycles. The maximum absolute atomic E-state index is 10.8. The molecular weight excluding hydrogens is 246 g/mol. The Morgan fingerprint density at radius 3 is 2.93 bits per heavy atom. The van der Waals surface area contributed by atoms with E-state index < -0.39 is 0 Å². The van der Waals surface area contributed by atoms with Gasteiger partial charge in [-0.3, -0.25) is 0 Å². The molecule has 0 atom stereocenters. The highest BCUT2D eigenvalue weighted by Gasteiger charge is 2.06. The molecule has 0 aromatic carbocycles. The van der Waals surface area contributed by atoms with Gasteiger partial charge in [-0.05, 0) is 35.3 Å². The quantitative estimate of drug-likeness (QED) is 0.832. The zero-order chi connectivity index (χ0) is 10.6. The van der Waals surface area contributed by atoms with E-state index in [9.17, 15) is 4.79 Å². The number of ketones is 1. The molecule has 76 valence electrons. The molecule has 0 aliphatic carbocycles. The van der Waals surface area contributed by atoms with Crippen LogP contribution in [0, 0.1) is 0 Å². The second kappa shape index (κ2) is 5.10. The average molecular weight is 258 g/mol. The van der Waals surface area contributed by atoms with Crippen LogP contribution in [0.5, 0.6) is 5.88 Å². The van der Waals surface area contributed by atoms with E-state index in [1.807, 2.05) is 6.07 Å². The maximum atomic E-state index is 10.8. The minimum atomic E-state index is 0.173. The van der Waals surface area contributed by atoms with Gasteiger partial charge in [0.25, 0.3) is 0 Å². The highest BCUT2D eigenvalue weighted by atomic mass is 79.9. The Hall–Kier alpha value is -0.900. The Bertz CT molecular complexity index is 339. The van der Waals surface area contributed by atoms with E-state index in [2.05, 4.69) is 20.9 Å². The van der Waals surface area contributed by atoms with Crippen LogP contribution < -0.4 is 4.74 Å². The molecule has 0 saturated heterocycles. The Labute approximate surface area is 91.6 Å². The second-order valence-electron chi connectivity index (χ2n) is 3.02. The molecule has 0 aliphatic rings. The summed E-state index contributed by atoms with van der Waals surface area (Å²) in [7, 11) is 1.58. The lowest BCUT2D eigenvalue weighted by Gasteiger charge is -2.06. The van der Waals surface area contributed by atoms with Crippen LogP contribution in [-0.2, 0) is 11.2 Å². The summed E-state index contributed by atoms with van der Waals surface area (Å²) in [6.45, 7) is 1.58. The number of pyridine rings is 1. The number of carbonyl (C=O) groups excluding carboxylic acids is 1. The van der Waals surface area contributed by atoms with E-state index in [1.54, 1.807) is 20.2 Å². The molecule has 0 bridgehead atoms. The van der Waals surface area contributed by atoms with Crippen molar-refractivity contribution >= 4 is 21.7 Å². The van der Waals surface area contributed by atoms with Gasteiger partial charge in [-0.1, -0.05) is 0 Å². The van der Waals surface area contributed by atoms with Crippen LogP contribution in [-0.4, -0.2) is 17.9 Å². The minimum absolute atomic E-state index is 0.173. The third-order valence-corrected chi connectivity index (χ3v) is 2.27. The Morgan fingerprint density at radius 1 is 1.64 bits per heavy atom. The first-order valence-electron chi connectivity index (χ1n) is 4.31. The molecule has 0 saturated carbocycles. The molecule has 0 N–H and O–H groups in total. The predicted octanol–water partition coefficient (Wildman–Crippen LogP) is 2.37. The standard InChI is InChI=1S/C10H12BrNO2/c1-7(13)3-4-8-5-9(11)6-12-10(8)14-2/h5-6H,3-4H2,1-2H3. The summed E-state index contributed by atoms with van der Waals surface area (Å²) < 4.78 is 5.99. The summed E-state index contributed by atoms with van der Waals surface area (Å²) in [5, 5.41) is 0. The molecule has 0 unspecified atom stereocenters. The van der Waals surface area contributed by atoms with E-state index >= 15 is 0 Å². The van der Waals surface area contributed by atoms with Crippen LogP contribution in [0.4, 0.5) is 0 Å². The largest absolute Gasteiger partial charge is 0.481 e. The first-order chi connectivity index (χ1) is 6.63.